The Morgan fingerprint density at radius 3 is 2.82 bits per heavy atom. The Hall–Kier alpha value is -1.02. The number of benzene rings is 1. The molecule has 0 bridgehead atoms. The molecule has 2 nitrogen and oxygen atoms in total. The summed E-state index contributed by atoms with van der Waals surface area (Å²) in [6, 6.07) is 6.92. The maximum absolute atomic E-state index is 6.05. The summed E-state index contributed by atoms with van der Waals surface area (Å²) in [7, 11) is 0. The number of aryl methyl sites for hydroxylation is 1. The van der Waals surface area contributed by atoms with Crippen LogP contribution in [0.1, 0.15) is 43.1 Å². The first kappa shape index (κ1) is 11.1. The predicted octanol–water partition coefficient (Wildman–Crippen LogP) is 4.20. The number of aromatic nitrogens is 2. The second-order valence-corrected chi connectivity index (χ2v) is 5.18. The van der Waals surface area contributed by atoms with Gasteiger partial charge in [-0.25, -0.2) is 4.98 Å². The van der Waals surface area contributed by atoms with E-state index in [0.717, 1.165) is 11.3 Å². The highest BCUT2D eigenvalue weighted by atomic mass is 35.5. The first-order valence-corrected chi connectivity index (χ1v) is 6.87. The molecule has 0 unspecified atom stereocenters. The fraction of sp³-hybridized carbons (Fsp3) is 0.500. The number of hydrogen-bond donors (Lipinski definition) is 0. The maximum atomic E-state index is 6.05. The lowest BCUT2D eigenvalue weighted by atomic mass is 10.1. The van der Waals surface area contributed by atoms with Crippen molar-refractivity contribution < 1.29 is 0 Å². The molecule has 1 fully saturated rings. The summed E-state index contributed by atoms with van der Waals surface area (Å²) in [5.41, 5.74) is 3.68. The SMILES string of the molecule is Cc1cccc2nc(CCl)n(C3CCCC3)c12. The van der Waals surface area contributed by atoms with E-state index in [4.69, 9.17) is 11.6 Å². The van der Waals surface area contributed by atoms with Gasteiger partial charge in [0, 0.05) is 6.04 Å². The summed E-state index contributed by atoms with van der Waals surface area (Å²) in [5.74, 6) is 1.54. The Morgan fingerprint density at radius 1 is 1.35 bits per heavy atom. The van der Waals surface area contributed by atoms with Gasteiger partial charge in [-0.2, -0.15) is 0 Å². The van der Waals surface area contributed by atoms with E-state index in [-0.39, 0.29) is 0 Å². The fourth-order valence-corrected chi connectivity index (χ4v) is 3.21. The van der Waals surface area contributed by atoms with Gasteiger partial charge in [0.25, 0.3) is 0 Å². The van der Waals surface area contributed by atoms with Gasteiger partial charge in [0.2, 0.25) is 0 Å². The maximum Gasteiger partial charge on any atom is 0.125 e. The lowest BCUT2D eigenvalue weighted by molar-refractivity contribution is 0.517. The number of halogens is 1. The molecule has 1 aromatic carbocycles. The smallest absolute Gasteiger partial charge is 0.125 e. The molecule has 2 aromatic rings. The third-order valence-electron chi connectivity index (χ3n) is 3.79. The zero-order chi connectivity index (χ0) is 11.8. The summed E-state index contributed by atoms with van der Waals surface area (Å²) in [4.78, 5) is 4.67. The highest BCUT2D eigenvalue weighted by Gasteiger charge is 2.22. The monoisotopic (exact) mass is 248 g/mol. The van der Waals surface area contributed by atoms with Crippen LogP contribution >= 0.6 is 11.6 Å². The average molecular weight is 249 g/mol. The minimum Gasteiger partial charge on any atom is -0.324 e. The standard InChI is InChI=1S/C14H17ClN2/c1-10-5-4-8-12-14(10)17(13(9-15)16-12)11-6-2-3-7-11/h4-5,8,11H,2-3,6-7,9H2,1H3. The van der Waals surface area contributed by atoms with Gasteiger partial charge in [0.1, 0.15) is 5.82 Å². The molecule has 0 amide bonds. The van der Waals surface area contributed by atoms with Gasteiger partial charge in [0.15, 0.2) is 0 Å². The van der Waals surface area contributed by atoms with Crippen molar-refractivity contribution in [3.63, 3.8) is 0 Å². The van der Waals surface area contributed by atoms with Crippen molar-refractivity contribution in [1.82, 2.24) is 9.55 Å². The topological polar surface area (TPSA) is 17.8 Å². The van der Waals surface area contributed by atoms with Crippen LogP contribution in [-0.2, 0) is 5.88 Å². The van der Waals surface area contributed by atoms with Gasteiger partial charge in [-0.05, 0) is 31.4 Å². The minimum absolute atomic E-state index is 0.505. The molecule has 1 heterocycles. The van der Waals surface area contributed by atoms with Crippen molar-refractivity contribution in [1.29, 1.82) is 0 Å². The van der Waals surface area contributed by atoms with Crippen LogP contribution < -0.4 is 0 Å². The molecule has 17 heavy (non-hydrogen) atoms. The third-order valence-corrected chi connectivity index (χ3v) is 4.03. The number of hydrogen-bond acceptors (Lipinski definition) is 1. The lowest BCUT2D eigenvalue weighted by Crippen LogP contribution is -2.08. The second-order valence-electron chi connectivity index (χ2n) is 4.91. The lowest BCUT2D eigenvalue weighted by Gasteiger charge is -2.16. The third kappa shape index (κ3) is 1.75. The fourth-order valence-electron chi connectivity index (χ4n) is 3.02. The quantitative estimate of drug-likeness (QED) is 0.729. The summed E-state index contributed by atoms with van der Waals surface area (Å²) in [5, 5.41) is 0. The van der Waals surface area contributed by atoms with Crippen LogP contribution in [0.5, 0.6) is 0 Å². The van der Waals surface area contributed by atoms with Crippen molar-refractivity contribution in [3.8, 4) is 0 Å². The van der Waals surface area contributed by atoms with Gasteiger partial charge in [-0.15, -0.1) is 11.6 Å². The molecule has 0 aliphatic heterocycles. The van der Waals surface area contributed by atoms with E-state index in [1.54, 1.807) is 0 Å². The molecule has 0 spiro atoms. The molecule has 0 saturated heterocycles. The normalized spacial score (nSPS) is 17.1. The first-order valence-electron chi connectivity index (χ1n) is 6.33. The van der Waals surface area contributed by atoms with Crippen LogP contribution in [0.2, 0.25) is 0 Å². The highest BCUT2D eigenvalue weighted by molar-refractivity contribution is 6.16. The van der Waals surface area contributed by atoms with E-state index < -0.39 is 0 Å². The zero-order valence-corrected chi connectivity index (χ0v) is 10.9. The minimum atomic E-state index is 0.505. The number of fused-ring (bicyclic) bond motifs is 1. The zero-order valence-electron chi connectivity index (χ0n) is 10.1. The summed E-state index contributed by atoms with van der Waals surface area (Å²) < 4.78 is 2.39. The highest BCUT2D eigenvalue weighted by Crippen LogP contribution is 2.34. The van der Waals surface area contributed by atoms with E-state index in [1.165, 1.54) is 36.8 Å². The van der Waals surface area contributed by atoms with Crippen LogP contribution in [0, 0.1) is 6.92 Å². The Bertz CT molecular complexity index is 538. The van der Waals surface area contributed by atoms with Crippen LogP contribution in [0.4, 0.5) is 0 Å². The van der Waals surface area contributed by atoms with E-state index >= 15 is 0 Å². The van der Waals surface area contributed by atoms with Gasteiger partial charge < -0.3 is 4.57 Å². The predicted molar refractivity (Wildman–Crippen MR) is 71.5 cm³/mol. The molecule has 0 N–H and O–H groups in total. The first-order chi connectivity index (χ1) is 8.31. The molecule has 90 valence electrons. The second kappa shape index (κ2) is 4.34. The summed E-state index contributed by atoms with van der Waals surface area (Å²) in [6.45, 7) is 2.16. The summed E-state index contributed by atoms with van der Waals surface area (Å²) >= 11 is 6.05. The van der Waals surface area contributed by atoms with Gasteiger partial charge in [0.05, 0.1) is 16.9 Å². The van der Waals surface area contributed by atoms with Crippen molar-refractivity contribution in [2.45, 2.75) is 44.5 Å². The molecular formula is C14H17ClN2. The summed E-state index contributed by atoms with van der Waals surface area (Å²) in [6.07, 6.45) is 5.20. The van der Waals surface area contributed by atoms with E-state index in [2.05, 4.69) is 34.7 Å². The van der Waals surface area contributed by atoms with Gasteiger partial charge in [-0.1, -0.05) is 25.0 Å². The average Bonchev–Trinajstić information content (AvgIpc) is 2.95. The Labute approximate surface area is 107 Å². The van der Waals surface area contributed by atoms with E-state index in [9.17, 15) is 0 Å². The van der Waals surface area contributed by atoms with Crippen LogP contribution in [0.25, 0.3) is 11.0 Å². The molecule has 1 saturated carbocycles. The largest absolute Gasteiger partial charge is 0.324 e. The van der Waals surface area contributed by atoms with Crippen LogP contribution in [0.15, 0.2) is 18.2 Å². The Kier molecular flexibility index (Phi) is 2.83. The van der Waals surface area contributed by atoms with Crippen molar-refractivity contribution in [3.05, 3.63) is 29.6 Å². The molecule has 0 atom stereocenters. The molecular weight excluding hydrogens is 232 g/mol. The van der Waals surface area contributed by atoms with Gasteiger partial charge >= 0.3 is 0 Å². The van der Waals surface area contributed by atoms with Crippen LogP contribution in [-0.4, -0.2) is 9.55 Å². The van der Waals surface area contributed by atoms with Gasteiger partial charge in [-0.3, -0.25) is 0 Å². The van der Waals surface area contributed by atoms with E-state index in [0.29, 0.717) is 11.9 Å². The number of alkyl halides is 1. The van der Waals surface area contributed by atoms with E-state index in [1.807, 2.05) is 0 Å². The molecule has 1 aliphatic rings. The molecule has 3 heteroatoms. The molecule has 3 rings (SSSR count). The number of nitrogens with zero attached hydrogens (tertiary/aromatic N) is 2. The molecule has 0 radical (unpaired) electrons. The molecule has 1 aromatic heterocycles. The van der Waals surface area contributed by atoms with Crippen molar-refractivity contribution in [2.75, 3.05) is 0 Å². The molecule has 1 aliphatic carbocycles. The number of para-hydroxylation sites is 1. The van der Waals surface area contributed by atoms with Crippen molar-refractivity contribution >= 4 is 22.6 Å². The van der Waals surface area contributed by atoms with Crippen molar-refractivity contribution in [2.24, 2.45) is 0 Å². The van der Waals surface area contributed by atoms with Crippen LogP contribution in [0.3, 0.4) is 0 Å². The number of rotatable bonds is 2. The number of imidazole rings is 1. The Morgan fingerprint density at radius 2 is 2.12 bits per heavy atom. The Balaban J connectivity index is 2.24.